The van der Waals surface area contributed by atoms with E-state index in [0.717, 1.165) is 24.6 Å². The third-order valence-electron chi connectivity index (χ3n) is 2.60. The van der Waals surface area contributed by atoms with Crippen molar-refractivity contribution in [2.75, 3.05) is 6.54 Å². The zero-order valence-corrected chi connectivity index (χ0v) is 10.2. The van der Waals surface area contributed by atoms with E-state index in [9.17, 15) is 8.78 Å². The second kappa shape index (κ2) is 5.73. The van der Waals surface area contributed by atoms with Gasteiger partial charge in [0, 0.05) is 25.9 Å². The van der Waals surface area contributed by atoms with Crippen LogP contribution in [0.1, 0.15) is 11.1 Å². The van der Waals surface area contributed by atoms with Gasteiger partial charge < -0.3 is 5.32 Å². The largest absolute Gasteiger partial charge is 0.312 e. The average molecular weight is 251 g/mol. The Morgan fingerprint density at radius 2 is 1.89 bits per heavy atom. The van der Waals surface area contributed by atoms with E-state index in [1.165, 1.54) is 12.1 Å². The van der Waals surface area contributed by atoms with Gasteiger partial charge in [0.15, 0.2) is 0 Å². The molecule has 0 unspecified atom stereocenters. The lowest BCUT2D eigenvalue weighted by Gasteiger charge is -2.04. The summed E-state index contributed by atoms with van der Waals surface area (Å²) in [4.78, 5) is 0. The third kappa shape index (κ3) is 3.63. The van der Waals surface area contributed by atoms with Gasteiger partial charge in [-0.05, 0) is 36.2 Å². The number of nitrogens with zero attached hydrogens (tertiary/aromatic N) is 2. The van der Waals surface area contributed by atoms with Crippen LogP contribution in [0.4, 0.5) is 8.78 Å². The predicted octanol–water partition coefficient (Wildman–Crippen LogP) is 2.03. The summed E-state index contributed by atoms with van der Waals surface area (Å²) >= 11 is 0. The summed E-state index contributed by atoms with van der Waals surface area (Å²) < 4.78 is 27.6. The Morgan fingerprint density at radius 1 is 1.17 bits per heavy atom. The van der Waals surface area contributed by atoms with E-state index in [1.807, 2.05) is 19.4 Å². The number of nitrogens with one attached hydrogen (secondary N) is 1. The quantitative estimate of drug-likeness (QED) is 0.824. The van der Waals surface area contributed by atoms with Gasteiger partial charge in [-0.3, -0.25) is 4.68 Å². The monoisotopic (exact) mass is 251 g/mol. The van der Waals surface area contributed by atoms with Crippen LogP contribution >= 0.6 is 0 Å². The third-order valence-corrected chi connectivity index (χ3v) is 2.60. The first-order valence-corrected chi connectivity index (χ1v) is 5.77. The van der Waals surface area contributed by atoms with Gasteiger partial charge in [0.1, 0.15) is 11.6 Å². The molecule has 18 heavy (non-hydrogen) atoms. The molecule has 1 aromatic heterocycles. The molecular formula is C13H15F2N3. The van der Waals surface area contributed by atoms with Crippen LogP contribution in [0.3, 0.4) is 0 Å². The average Bonchev–Trinajstić information content (AvgIpc) is 2.69. The van der Waals surface area contributed by atoms with E-state index in [-0.39, 0.29) is 0 Å². The van der Waals surface area contributed by atoms with Crippen molar-refractivity contribution in [3.8, 4) is 0 Å². The fourth-order valence-corrected chi connectivity index (χ4v) is 1.78. The van der Waals surface area contributed by atoms with Gasteiger partial charge in [-0.15, -0.1) is 0 Å². The van der Waals surface area contributed by atoms with Crippen LogP contribution in [-0.4, -0.2) is 16.3 Å². The Balaban J connectivity index is 1.78. The van der Waals surface area contributed by atoms with Crippen molar-refractivity contribution in [3.05, 3.63) is 53.4 Å². The number of halogens is 2. The van der Waals surface area contributed by atoms with Crippen LogP contribution in [0.5, 0.6) is 0 Å². The molecule has 0 aliphatic rings. The number of aryl methyl sites for hydroxylation is 1. The first-order chi connectivity index (χ1) is 8.63. The summed E-state index contributed by atoms with van der Waals surface area (Å²) in [6, 6.07) is 3.54. The van der Waals surface area contributed by atoms with Gasteiger partial charge in [-0.1, -0.05) is 0 Å². The van der Waals surface area contributed by atoms with Crippen LogP contribution in [0, 0.1) is 11.6 Å². The summed E-state index contributed by atoms with van der Waals surface area (Å²) in [6.45, 7) is 1.19. The molecule has 1 heterocycles. The molecule has 0 atom stereocenters. The highest BCUT2D eigenvalue weighted by Crippen LogP contribution is 2.07. The molecule has 2 rings (SSSR count). The van der Waals surface area contributed by atoms with Crippen LogP contribution < -0.4 is 5.32 Å². The van der Waals surface area contributed by atoms with E-state index in [1.54, 1.807) is 4.68 Å². The van der Waals surface area contributed by atoms with Gasteiger partial charge in [0.05, 0.1) is 6.20 Å². The Labute approximate surface area is 104 Å². The zero-order valence-electron chi connectivity index (χ0n) is 10.2. The number of benzene rings is 1. The molecule has 0 saturated heterocycles. The first-order valence-electron chi connectivity index (χ1n) is 5.77. The maximum absolute atomic E-state index is 12.9. The molecule has 2 aromatic rings. The van der Waals surface area contributed by atoms with Crippen LogP contribution in [0.25, 0.3) is 0 Å². The summed E-state index contributed by atoms with van der Waals surface area (Å²) in [7, 11) is 1.87. The SMILES string of the molecule is Cn1cc(CCNCc2cc(F)cc(F)c2)cn1. The minimum Gasteiger partial charge on any atom is -0.312 e. The molecule has 1 aromatic carbocycles. The summed E-state index contributed by atoms with van der Waals surface area (Å²) in [6.07, 6.45) is 4.60. The highest BCUT2D eigenvalue weighted by atomic mass is 19.1. The van der Waals surface area contributed by atoms with Crippen molar-refractivity contribution in [1.82, 2.24) is 15.1 Å². The molecule has 0 aliphatic heterocycles. The molecule has 0 amide bonds. The van der Waals surface area contributed by atoms with Gasteiger partial charge in [0.25, 0.3) is 0 Å². The van der Waals surface area contributed by atoms with Crippen LogP contribution in [-0.2, 0) is 20.0 Å². The predicted molar refractivity (Wildman–Crippen MR) is 65.0 cm³/mol. The summed E-state index contributed by atoms with van der Waals surface area (Å²) in [5.74, 6) is -1.09. The van der Waals surface area contributed by atoms with E-state index in [0.29, 0.717) is 12.1 Å². The Bertz CT molecular complexity index is 502. The fourth-order valence-electron chi connectivity index (χ4n) is 1.78. The van der Waals surface area contributed by atoms with Crippen molar-refractivity contribution in [2.24, 2.45) is 7.05 Å². The molecule has 96 valence electrons. The lowest BCUT2D eigenvalue weighted by Crippen LogP contribution is -2.16. The minimum atomic E-state index is -0.543. The molecule has 0 fully saturated rings. The van der Waals surface area contributed by atoms with Crippen LogP contribution in [0.2, 0.25) is 0 Å². The maximum Gasteiger partial charge on any atom is 0.126 e. The first kappa shape index (κ1) is 12.7. The second-order valence-corrected chi connectivity index (χ2v) is 4.23. The van der Waals surface area contributed by atoms with Crippen molar-refractivity contribution in [2.45, 2.75) is 13.0 Å². The second-order valence-electron chi connectivity index (χ2n) is 4.23. The molecule has 0 aliphatic carbocycles. The standard InChI is InChI=1S/C13H15F2N3/c1-18-9-10(8-17-18)2-3-16-7-11-4-12(14)6-13(15)5-11/h4-6,8-9,16H,2-3,7H2,1H3. The van der Waals surface area contributed by atoms with Gasteiger partial charge in [-0.2, -0.15) is 5.10 Å². The zero-order chi connectivity index (χ0) is 13.0. The normalized spacial score (nSPS) is 10.8. The van der Waals surface area contributed by atoms with E-state index < -0.39 is 11.6 Å². The van der Waals surface area contributed by atoms with Crippen molar-refractivity contribution in [3.63, 3.8) is 0 Å². The van der Waals surface area contributed by atoms with Crippen molar-refractivity contribution < 1.29 is 8.78 Å². The highest BCUT2D eigenvalue weighted by molar-refractivity contribution is 5.17. The molecule has 1 N–H and O–H groups in total. The molecule has 5 heteroatoms. The van der Waals surface area contributed by atoms with Gasteiger partial charge in [-0.25, -0.2) is 8.78 Å². The number of rotatable bonds is 5. The van der Waals surface area contributed by atoms with E-state index >= 15 is 0 Å². The Hall–Kier alpha value is -1.75. The maximum atomic E-state index is 12.9. The molecule has 0 bridgehead atoms. The summed E-state index contributed by atoms with van der Waals surface area (Å²) in [5, 5.41) is 7.21. The number of hydrogen-bond donors (Lipinski definition) is 1. The molecule has 0 radical (unpaired) electrons. The minimum absolute atomic E-state index is 0.453. The lowest BCUT2D eigenvalue weighted by molar-refractivity contribution is 0.575. The molecular weight excluding hydrogens is 236 g/mol. The van der Waals surface area contributed by atoms with Crippen molar-refractivity contribution >= 4 is 0 Å². The molecule has 0 spiro atoms. The summed E-state index contributed by atoms with van der Waals surface area (Å²) in [5.41, 5.74) is 1.74. The van der Waals surface area contributed by atoms with Crippen LogP contribution in [0.15, 0.2) is 30.6 Å². The highest BCUT2D eigenvalue weighted by Gasteiger charge is 2.00. The topological polar surface area (TPSA) is 29.9 Å². The molecule has 3 nitrogen and oxygen atoms in total. The molecule has 0 saturated carbocycles. The van der Waals surface area contributed by atoms with E-state index in [4.69, 9.17) is 0 Å². The lowest BCUT2D eigenvalue weighted by atomic mass is 10.2. The van der Waals surface area contributed by atoms with E-state index in [2.05, 4.69) is 10.4 Å². The Morgan fingerprint density at radius 3 is 2.50 bits per heavy atom. The van der Waals surface area contributed by atoms with Crippen molar-refractivity contribution in [1.29, 1.82) is 0 Å². The fraction of sp³-hybridized carbons (Fsp3) is 0.308. The smallest absolute Gasteiger partial charge is 0.126 e. The van der Waals surface area contributed by atoms with Gasteiger partial charge in [0.2, 0.25) is 0 Å². The van der Waals surface area contributed by atoms with Gasteiger partial charge >= 0.3 is 0 Å². The number of hydrogen-bond acceptors (Lipinski definition) is 2. The Kier molecular flexibility index (Phi) is 4.04. The number of aromatic nitrogens is 2.